The second-order valence-electron chi connectivity index (χ2n) is 3.40. The lowest BCUT2D eigenvalue weighted by atomic mass is 10.2. The van der Waals surface area contributed by atoms with Crippen LogP contribution in [0.15, 0.2) is 18.2 Å². The van der Waals surface area contributed by atoms with Crippen LogP contribution < -0.4 is 15.4 Å². The number of ether oxygens (including phenoxy) is 1. The summed E-state index contributed by atoms with van der Waals surface area (Å²) in [4.78, 5) is 13.2. The molecule has 1 atom stereocenters. The number of hydrogen-bond donors (Lipinski definition) is 1. The molecule has 0 saturated heterocycles. The maximum Gasteiger partial charge on any atom is 0.247 e. The number of halogens is 1. The lowest BCUT2D eigenvalue weighted by Crippen LogP contribution is -2.43. The van der Waals surface area contributed by atoms with Gasteiger partial charge in [0.15, 0.2) is 5.75 Å². The van der Waals surface area contributed by atoms with Crippen molar-refractivity contribution in [2.24, 2.45) is 5.73 Å². The molecule has 2 N–H and O–H groups in total. The number of likely N-dealkylation sites (N-methyl/N-ethyl adjacent to an activating group) is 1. The van der Waals surface area contributed by atoms with E-state index in [1.54, 1.807) is 25.2 Å². The predicted molar refractivity (Wildman–Crippen MR) is 58.3 cm³/mol. The molecular formula is C10H11ClN2O2. The molecule has 0 saturated carbocycles. The third-order valence-electron chi connectivity index (χ3n) is 2.36. The van der Waals surface area contributed by atoms with E-state index in [9.17, 15) is 4.79 Å². The number of nitrogens with zero attached hydrogens (tertiary/aromatic N) is 1. The van der Waals surface area contributed by atoms with Gasteiger partial charge in [0.25, 0.3) is 0 Å². The van der Waals surface area contributed by atoms with Crippen LogP contribution in [0.3, 0.4) is 0 Å². The van der Waals surface area contributed by atoms with E-state index < -0.39 is 6.04 Å². The zero-order valence-electron chi connectivity index (χ0n) is 8.24. The van der Waals surface area contributed by atoms with Crippen LogP contribution in [0.1, 0.15) is 0 Å². The molecule has 0 unspecified atom stereocenters. The predicted octanol–water partition coefficient (Wildman–Crippen LogP) is 1.02. The van der Waals surface area contributed by atoms with Crippen molar-refractivity contribution in [2.75, 3.05) is 18.6 Å². The summed E-state index contributed by atoms with van der Waals surface area (Å²) in [5.41, 5.74) is 6.29. The highest BCUT2D eigenvalue weighted by Crippen LogP contribution is 2.36. The molecule has 80 valence electrons. The summed E-state index contributed by atoms with van der Waals surface area (Å²) < 4.78 is 5.41. The largest absolute Gasteiger partial charge is 0.488 e. The fourth-order valence-electron chi connectivity index (χ4n) is 1.52. The molecule has 4 nitrogen and oxygen atoms in total. The van der Waals surface area contributed by atoms with Crippen molar-refractivity contribution >= 4 is 23.2 Å². The quantitative estimate of drug-likeness (QED) is 0.719. The van der Waals surface area contributed by atoms with Gasteiger partial charge in [-0.05, 0) is 12.1 Å². The number of carbonyl (C=O) groups is 1. The monoisotopic (exact) mass is 226 g/mol. The zero-order chi connectivity index (χ0) is 11.0. The van der Waals surface area contributed by atoms with Gasteiger partial charge in [-0.15, -0.1) is 0 Å². The molecular weight excluding hydrogens is 216 g/mol. The van der Waals surface area contributed by atoms with Crippen molar-refractivity contribution in [2.45, 2.75) is 6.04 Å². The average molecular weight is 227 g/mol. The Morgan fingerprint density at radius 2 is 2.33 bits per heavy atom. The van der Waals surface area contributed by atoms with Crippen LogP contribution in [-0.4, -0.2) is 25.6 Å². The van der Waals surface area contributed by atoms with Crippen LogP contribution in [0.4, 0.5) is 5.69 Å². The Labute approximate surface area is 92.6 Å². The van der Waals surface area contributed by atoms with E-state index >= 15 is 0 Å². The smallest absolute Gasteiger partial charge is 0.247 e. The molecule has 0 fully saturated rings. The van der Waals surface area contributed by atoms with Crippen molar-refractivity contribution in [1.29, 1.82) is 0 Å². The normalized spacial score (nSPS) is 20.6. The number of anilines is 1. The van der Waals surface area contributed by atoms with E-state index in [0.29, 0.717) is 16.5 Å². The highest BCUT2D eigenvalue weighted by atomic mass is 35.5. The number of rotatable bonds is 0. The first kappa shape index (κ1) is 10.3. The van der Waals surface area contributed by atoms with Crippen LogP contribution in [0.2, 0.25) is 5.02 Å². The van der Waals surface area contributed by atoms with Crippen LogP contribution in [0.5, 0.6) is 5.75 Å². The minimum atomic E-state index is -0.640. The summed E-state index contributed by atoms with van der Waals surface area (Å²) in [6.45, 7) is 0.153. The third-order valence-corrected chi connectivity index (χ3v) is 2.66. The molecule has 1 amide bonds. The molecule has 0 aliphatic carbocycles. The number of para-hydroxylation sites is 1. The van der Waals surface area contributed by atoms with Gasteiger partial charge in [-0.25, -0.2) is 0 Å². The molecule has 1 aromatic carbocycles. The molecule has 1 aromatic rings. The first-order chi connectivity index (χ1) is 7.11. The van der Waals surface area contributed by atoms with Crippen molar-refractivity contribution in [1.82, 2.24) is 0 Å². The SMILES string of the molecule is CN1C(=O)[C@@H](N)COc2c(Cl)cccc21. The highest BCUT2D eigenvalue weighted by molar-refractivity contribution is 6.32. The molecule has 0 aromatic heterocycles. The second kappa shape index (κ2) is 3.72. The highest BCUT2D eigenvalue weighted by Gasteiger charge is 2.27. The summed E-state index contributed by atoms with van der Waals surface area (Å²) in [6.07, 6.45) is 0. The molecule has 1 heterocycles. The summed E-state index contributed by atoms with van der Waals surface area (Å²) in [6, 6.07) is 4.62. The average Bonchev–Trinajstić information content (AvgIpc) is 2.33. The van der Waals surface area contributed by atoms with E-state index in [1.165, 1.54) is 4.90 Å². The Morgan fingerprint density at radius 1 is 1.60 bits per heavy atom. The number of nitrogens with two attached hydrogens (primary N) is 1. The van der Waals surface area contributed by atoms with Gasteiger partial charge >= 0.3 is 0 Å². The Morgan fingerprint density at radius 3 is 3.07 bits per heavy atom. The van der Waals surface area contributed by atoms with E-state index in [1.807, 2.05) is 0 Å². The molecule has 5 heteroatoms. The number of carbonyl (C=O) groups excluding carboxylic acids is 1. The lowest BCUT2D eigenvalue weighted by Gasteiger charge is -2.17. The fraction of sp³-hybridized carbons (Fsp3) is 0.300. The first-order valence-electron chi connectivity index (χ1n) is 4.55. The van der Waals surface area contributed by atoms with Crippen molar-refractivity contribution < 1.29 is 9.53 Å². The van der Waals surface area contributed by atoms with E-state index in [0.717, 1.165) is 0 Å². The number of benzene rings is 1. The topological polar surface area (TPSA) is 55.6 Å². The summed E-state index contributed by atoms with van der Waals surface area (Å²) in [5.74, 6) is 0.346. The van der Waals surface area contributed by atoms with Gasteiger partial charge in [-0.2, -0.15) is 0 Å². The van der Waals surface area contributed by atoms with Gasteiger partial charge < -0.3 is 15.4 Å². The molecule has 0 radical (unpaired) electrons. The lowest BCUT2D eigenvalue weighted by molar-refractivity contribution is -0.119. The Kier molecular flexibility index (Phi) is 2.54. The van der Waals surface area contributed by atoms with Gasteiger partial charge in [0.2, 0.25) is 5.91 Å². The van der Waals surface area contributed by atoms with Crippen molar-refractivity contribution in [3.05, 3.63) is 23.2 Å². The molecule has 0 spiro atoms. The molecule has 1 aliphatic heterocycles. The minimum absolute atomic E-state index is 0.153. The van der Waals surface area contributed by atoms with Gasteiger partial charge in [-0.3, -0.25) is 4.79 Å². The van der Waals surface area contributed by atoms with Crippen LogP contribution >= 0.6 is 11.6 Å². The fourth-order valence-corrected chi connectivity index (χ4v) is 1.74. The summed E-state index contributed by atoms with van der Waals surface area (Å²) >= 11 is 5.97. The van der Waals surface area contributed by atoms with Crippen LogP contribution in [0, 0.1) is 0 Å². The maximum absolute atomic E-state index is 11.7. The summed E-state index contributed by atoms with van der Waals surface area (Å²) in [5, 5.41) is 0.487. The van der Waals surface area contributed by atoms with Crippen molar-refractivity contribution in [3.8, 4) is 5.75 Å². The van der Waals surface area contributed by atoms with E-state index in [-0.39, 0.29) is 12.5 Å². The van der Waals surface area contributed by atoms with Crippen LogP contribution in [-0.2, 0) is 4.79 Å². The van der Waals surface area contributed by atoms with E-state index in [4.69, 9.17) is 22.1 Å². The molecule has 0 bridgehead atoms. The van der Waals surface area contributed by atoms with Crippen LogP contribution in [0.25, 0.3) is 0 Å². The second-order valence-corrected chi connectivity index (χ2v) is 3.81. The number of fused-ring (bicyclic) bond motifs is 1. The maximum atomic E-state index is 11.7. The van der Waals surface area contributed by atoms with Gasteiger partial charge in [0.05, 0.1) is 10.7 Å². The Balaban J connectivity index is 2.52. The Hall–Kier alpha value is -1.26. The Bertz CT molecular complexity index is 408. The standard InChI is InChI=1S/C10H11ClN2O2/c1-13-8-4-2-3-6(11)9(8)15-5-7(12)10(13)14/h2-4,7H,5,12H2,1H3/t7-/m0/s1. The minimum Gasteiger partial charge on any atom is -0.488 e. The third kappa shape index (κ3) is 1.66. The zero-order valence-corrected chi connectivity index (χ0v) is 8.99. The van der Waals surface area contributed by atoms with E-state index in [2.05, 4.69) is 0 Å². The van der Waals surface area contributed by atoms with Gasteiger partial charge in [0.1, 0.15) is 12.6 Å². The number of hydrogen-bond acceptors (Lipinski definition) is 3. The first-order valence-corrected chi connectivity index (χ1v) is 4.93. The molecule has 1 aliphatic rings. The molecule has 2 rings (SSSR count). The van der Waals surface area contributed by atoms with Gasteiger partial charge in [0, 0.05) is 7.05 Å². The number of amides is 1. The van der Waals surface area contributed by atoms with Crippen molar-refractivity contribution in [3.63, 3.8) is 0 Å². The molecule has 15 heavy (non-hydrogen) atoms. The van der Waals surface area contributed by atoms with Gasteiger partial charge in [-0.1, -0.05) is 17.7 Å². The summed E-state index contributed by atoms with van der Waals surface area (Å²) in [7, 11) is 1.66.